The Balaban J connectivity index is 2.33. The number of carbonyl (C=O) groups excluding carboxylic acids is 2. The summed E-state index contributed by atoms with van der Waals surface area (Å²) in [5.74, 6) is -0.453. The van der Waals surface area contributed by atoms with Crippen molar-refractivity contribution in [3.8, 4) is 0 Å². The number of amides is 2. The van der Waals surface area contributed by atoms with Crippen LogP contribution < -0.4 is 11.1 Å². The summed E-state index contributed by atoms with van der Waals surface area (Å²) in [4.78, 5) is 24.0. The van der Waals surface area contributed by atoms with Crippen molar-refractivity contribution in [2.45, 2.75) is 6.54 Å². The van der Waals surface area contributed by atoms with E-state index in [4.69, 9.17) is 5.73 Å². The van der Waals surface area contributed by atoms with Gasteiger partial charge in [0.05, 0.1) is 13.1 Å². The fourth-order valence-electron chi connectivity index (χ4n) is 1.13. The Labute approximate surface area is 98.2 Å². The number of nitrogens with zero attached hydrogens (tertiary/aromatic N) is 1. The van der Waals surface area contributed by atoms with Crippen molar-refractivity contribution in [3.63, 3.8) is 0 Å². The van der Waals surface area contributed by atoms with E-state index < -0.39 is 0 Å². The molecule has 0 aliphatic rings. The molecule has 0 bridgehead atoms. The Morgan fingerprint density at radius 1 is 1.56 bits per heavy atom. The molecule has 0 aromatic carbocycles. The first-order valence-electron chi connectivity index (χ1n) is 4.85. The van der Waals surface area contributed by atoms with Gasteiger partial charge in [-0.25, -0.2) is 0 Å². The summed E-state index contributed by atoms with van der Waals surface area (Å²) in [6, 6.07) is 1.97. The lowest BCUT2D eigenvalue weighted by molar-refractivity contribution is -0.131. The predicted molar refractivity (Wildman–Crippen MR) is 62.9 cm³/mol. The molecule has 0 fully saturated rings. The van der Waals surface area contributed by atoms with E-state index in [0.717, 1.165) is 5.56 Å². The molecule has 6 heteroatoms. The number of nitrogens with two attached hydrogens (primary N) is 1. The zero-order valence-corrected chi connectivity index (χ0v) is 9.92. The van der Waals surface area contributed by atoms with E-state index in [9.17, 15) is 9.59 Å². The van der Waals surface area contributed by atoms with Crippen molar-refractivity contribution < 1.29 is 9.59 Å². The van der Waals surface area contributed by atoms with Crippen molar-refractivity contribution in [3.05, 3.63) is 22.4 Å². The normalized spacial score (nSPS) is 9.88. The summed E-state index contributed by atoms with van der Waals surface area (Å²) in [6.45, 7) is 0.457. The number of nitrogens with one attached hydrogen (secondary N) is 1. The van der Waals surface area contributed by atoms with E-state index in [1.165, 1.54) is 0 Å². The van der Waals surface area contributed by atoms with Gasteiger partial charge in [-0.05, 0) is 22.4 Å². The van der Waals surface area contributed by atoms with Crippen molar-refractivity contribution >= 4 is 23.2 Å². The monoisotopic (exact) mass is 241 g/mol. The highest BCUT2D eigenvalue weighted by Crippen LogP contribution is 2.08. The highest BCUT2D eigenvalue weighted by atomic mass is 32.1. The maximum atomic E-state index is 11.6. The average Bonchev–Trinajstić information content (AvgIpc) is 2.77. The number of likely N-dealkylation sites (N-methyl/N-ethyl adjacent to an activating group) is 1. The lowest BCUT2D eigenvalue weighted by Gasteiger charge is -2.16. The lowest BCUT2D eigenvalue weighted by atomic mass is 10.3. The third kappa shape index (κ3) is 4.00. The first kappa shape index (κ1) is 12.7. The molecular formula is C10H15N3O2S. The van der Waals surface area contributed by atoms with E-state index in [0.29, 0.717) is 6.54 Å². The molecule has 2 amide bonds. The molecule has 3 N–H and O–H groups in total. The molecule has 0 radical (unpaired) electrons. The summed E-state index contributed by atoms with van der Waals surface area (Å²) < 4.78 is 0. The van der Waals surface area contributed by atoms with Crippen molar-refractivity contribution in [2.75, 3.05) is 20.1 Å². The van der Waals surface area contributed by atoms with Crippen LogP contribution in [0.3, 0.4) is 0 Å². The molecule has 0 aliphatic heterocycles. The second kappa shape index (κ2) is 6.24. The fraction of sp³-hybridized carbons (Fsp3) is 0.400. The van der Waals surface area contributed by atoms with Crippen LogP contribution in [0.1, 0.15) is 5.56 Å². The van der Waals surface area contributed by atoms with Gasteiger partial charge in [-0.1, -0.05) is 0 Å². The van der Waals surface area contributed by atoms with Gasteiger partial charge in [0.25, 0.3) is 0 Å². The third-order valence-corrected chi connectivity index (χ3v) is 2.78. The van der Waals surface area contributed by atoms with Gasteiger partial charge in [-0.15, -0.1) is 0 Å². The highest BCUT2D eigenvalue weighted by Gasteiger charge is 2.10. The average molecular weight is 241 g/mol. The molecule has 0 aliphatic carbocycles. The maximum absolute atomic E-state index is 11.6. The van der Waals surface area contributed by atoms with E-state index >= 15 is 0 Å². The smallest absolute Gasteiger partial charge is 0.242 e. The molecule has 0 saturated carbocycles. The van der Waals surface area contributed by atoms with Crippen LogP contribution in [0.15, 0.2) is 16.8 Å². The van der Waals surface area contributed by atoms with Crippen molar-refractivity contribution in [2.24, 2.45) is 5.73 Å². The van der Waals surface area contributed by atoms with Crippen LogP contribution in [-0.2, 0) is 16.1 Å². The molecule has 1 aromatic rings. The second-order valence-corrected chi connectivity index (χ2v) is 4.14. The van der Waals surface area contributed by atoms with Crippen LogP contribution >= 0.6 is 11.3 Å². The molecule has 16 heavy (non-hydrogen) atoms. The topological polar surface area (TPSA) is 75.4 Å². The molecular weight excluding hydrogens is 226 g/mol. The number of thiophene rings is 1. The maximum Gasteiger partial charge on any atom is 0.242 e. The van der Waals surface area contributed by atoms with Gasteiger partial charge in [-0.3, -0.25) is 9.59 Å². The first-order valence-corrected chi connectivity index (χ1v) is 5.79. The van der Waals surface area contributed by atoms with Crippen LogP contribution in [-0.4, -0.2) is 36.9 Å². The predicted octanol–water partition coefficient (Wildman–Crippen LogP) is -0.219. The van der Waals surface area contributed by atoms with E-state index in [2.05, 4.69) is 5.32 Å². The molecule has 1 rings (SSSR count). The number of hydrogen-bond donors (Lipinski definition) is 2. The Morgan fingerprint density at radius 3 is 2.88 bits per heavy atom. The van der Waals surface area contributed by atoms with Gasteiger partial charge in [0, 0.05) is 13.6 Å². The van der Waals surface area contributed by atoms with Crippen LogP contribution in [0.2, 0.25) is 0 Å². The van der Waals surface area contributed by atoms with E-state index in [1.54, 1.807) is 23.3 Å². The lowest BCUT2D eigenvalue weighted by Crippen LogP contribution is -2.40. The highest BCUT2D eigenvalue weighted by molar-refractivity contribution is 7.07. The molecule has 0 unspecified atom stereocenters. The summed E-state index contributed by atoms with van der Waals surface area (Å²) >= 11 is 1.59. The molecule has 88 valence electrons. The van der Waals surface area contributed by atoms with Crippen LogP contribution in [0.5, 0.6) is 0 Å². The zero-order valence-electron chi connectivity index (χ0n) is 9.10. The minimum atomic E-state index is -0.322. The largest absolute Gasteiger partial charge is 0.346 e. The summed E-state index contributed by atoms with van der Waals surface area (Å²) in [5.41, 5.74) is 6.20. The van der Waals surface area contributed by atoms with Crippen molar-refractivity contribution in [1.29, 1.82) is 0 Å². The van der Waals surface area contributed by atoms with E-state index in [1.807, 2.05) is 16.8 Å². The minimum Gasteiger partial charge on any atom is -0.346 e. The van der Waals surface area contributed by atoms with Crippen LogP contribution in [0, 0.1) is 0 Å². The van der Waals surface area contributed by atoms with Gasteiger partial charge < -0.3 is 16.0 Å². The Morgan fingerprint density at radius 2 is 2.31 bits per heavy atom. The van der Waals surface area contributed by atoms with Gasteiger partial charge in [-0.2, -0.15) is 11.3 Å². The van der Waals surface area contributed by atoms with Gasteiger partial charge in [0.1, 0.15) is 0 Å². The first-order chi connectivity index (χ1) is 7.63. The Kier molecular flexibility index (Phi) is 4.94. The molecule has 0 atom stereocenters. The molecule has 0 spiro atoms. The molecule has 0 saturated heterocycles. The standard InChI is InChI=1S/C10H15N3O2S/c1-13(6-8-2-3-16-7-8)10(15)5-12-9(14)4-11/h2-3,7H,4-6,11H2,1H3,(H,12,14). The zero-order chi connectivity index (χ0) is 12.0. The fourth-order valence-corrected chi connectivity index (χ4v) is 1.79. The summed E-state index contributed by atoms with van der Waals surface area (Å²) in [7, 11) is 1.70. The summed E-state index contributed by atoms with van der Waals surface area (Å²) in [6.07, 6.45) is 0. The van der Waals surface area contributed by atoms with Crippen LogP contribution in [0.4, 0.5) is 0 Å². The van der Waals surface area contributed by atoms with E-state index in [-0.39, 0.29) is 24.9 Å². The van der Waals surface area contributed by atoms with Gasteiger partial charge >= 0.3 is 0 Å². The van der Waals surface area contributed by atoms with Crippen molar-refractivity contribution in [1.82, 2.24) is 10.2 Å². The van der Waals surface area contributed by atoms with Crippen LogP contribution in [0.25, 0.3) is 0 Å². The Bertz CT molecular complexity index is 351. The number of rotatable bonds is 5. The quantitative estimate of drug-likeness (QED) is 0.748. The van der Waals surface area contributed by atoms with Gasteiger partial charge in [0.2, 0.25) is 11.8 Å². The minimum absolute atomic E-state index is 0.00330. The number of carbonyl (C=O) groups is 2. The summed E-state index contributed by atoms with van der Waals surface area (Å²) in [5, 5.41) is 6.39. The molecule has 1 aromatic heterocycles. The second-order valence-electron chi connectivity index (χ2n) is 3.36. The third-order valence-electron chi connectivity index (χ3n) is 2.05. The Hall–Kier alpha value is -1.40. The number of hydrogen-bond acceptors (Lipinski definition) is 4. The molecule has 1 heterocycles. The molecule has 5 nitrogen and oxygen atoms in total. The van der Waals surface area contributed by atoms with Gasteiger partial charge in [0.15, 0.2) is 0 Å². The SMILES string of the molecule is CN(Cc1ccsc1)C(=O)CNC(=O)CN.